The summed E-state index contributed by atoms with van der Waals surface area (Å²) in [6.45, 7) is 2.26. The van der Waals surface area contributed by atoms with Crippen LogP contribution >= 0.6 is 0 Å². The summed E-state index contributed by atoms with van der Waals surface area (Å²) in [4.78, 5) is 0. The van der Waals surface area contributed by atoms with Crippen LogP contribution < -0.4 is 0 Å². The van der Waals surface area contributed by atoms with Gasteiger partial charge < -0.3 is 0 Å². The molecular formula is C13H21Na. The maximum absolute atomic E-state index is 2.26. The number of benzene rings is 1. The molecule has 0 heterocycles. The standard InChI is InChI=1S/C13H20.Na.H/c1-2-3-4-5-7-10-13-11-8-6-9-12-13;;/h6,8-9,11-12H,2-5,7,10H2,1H3;;. The molecule has 0 aromatic heterocycles. The van der Waals surface area contributed by atoms with E-state index < -0.39 is 0 Å². The molecule has 0 aliphatic heterocycles. The third-order valence-electron chi connectivity index (χ3n) is 2.41. The molecule has 0 radical (unpaired) electrons. The summed E-state index contributed by atoms with van der Waals surface area (Å²) >= 11 is 0. The number of hydrogen-bond acceptors (Lipinski definition) is 0. The van der Waals surface area contributed by atoms with Crippen LogP contribution in [0, 0.1) is 0 Å². The monoisotopic (exact) mass is 200 g/mol. The van der Waals surface area contributed by atoms with Gasteiger partial charge in [0.15, 0.2) is 0 Å². The van der Waals surface area contributed by atoms with Crippen LogP contribution in [0.5, 0.6) is 0 Å². The van der Waals surface area contributed by atoms with E-state index in [1.54, 1.807) is 0 Å². The van der Waals surface area contributed by atoms with E-state index >= 15 is 0 Å². The van der Waals surface area contributed by atoms with E-state index in [-0.39, 0.29) is 29.6 Å². The Bertz CT molecular complexity index is 206. The van der Waals surface area contributed by atoms with Crippen LogP contribution in [0.15, 0.2) is 30.3 Å². The molecule has 0 nitrogen and oxygen atoms in total. The maximum atomic E-state index is 2.26. The molecule has 1 aromatic rings. The molecule has 1 rings (SSSR count). The molecule has 0 saturated heterocycles. The van der Waals surface area contributed by atoms with Gasteiger partial charge in [-0.2, -0.15) is 0 Å². The molecule has 0 spiro atoms. The molecule has 0 amide bonds. The third kappa shape index (κ3) is 6.64. The Balaban J connectivity index is 0.00000169. The first kappa shape index (κ1) is 14.2. The van der Waals surface area contributed by atoms with E-state index in [1.165, 1.54) is 44.1 Å². The van der Waals surface area contributed by atoms with Crippen LogP contribution in [-0.2, 0) is 6.42 Å². The molecule has 0 N–H and O–H groups in total. The van der Waals surface area contributed by atoms with Gasteiger partial charge in [0.1, 0.15) is 0 Å². The van der Waals surface area contributed by atoms with Gasteiger partial charge in [0.25, 0.3) is 0 Å². The van der Waals surface area contributed by atoms with Crippen molar-refractivity contribution in [2.24, 2.45) is 0 Å². The Morgan fingerprint density at radius 2 is 1.50 bits per heavy atom. The second kappa shape index (κ2) is 9.76. The minimum atomic E-state index is 0. The predicted octanol–water partition coefficient (Wildman–Crippen LogP) is 3.55. The average molecular weight is 200 g/mol. The quantitative estimate of drug-likeness (QED) is 0.486. The van der Waals surface area contributed by atoms with Gasteiger partial charge in [-0.25, -0.2) is 0 Å². The van der Waals surface area contributed by atoms with Gasteiger partial charge in [0.05, 0.1) is 0 Å². The number of unbranched alkanes of at least 4 members (excludes halogenated alkanes) is 4. The fraction of sp³-hybridized carbons (Fsp3) is 0.538. The van der Waals surface area contributed by atoms with Crippen LogP contribution in [0.3, 0.4) is 0 Å². The third-order valence-corrected chi connectivity index (χ3v) is 2.41. The van der Waals surface area contributed by atoms with Crippen molar-refractivity contribution in [2.75, 3.05) is 0 Å². The van der Waals surface area contributed by atoms with E-state index in [1.807, 2.05) is 0 Å². The summed E-state index contributed by atoms with van der Waals surface area (Å²) in [6, 6.07) is 10.8. The van der Waals surface area contributed by atoms with Crippen LogP contribution in [0.2, 0.25) is 0 Å². The average Bonchev–Trinajstić information content (AvgIpc) is 2.19. The van der Waals surface area contributed by atoms with E-state index in [0.717, 1.165) is 0 Å². The molecule has 0 fully saturated rings. The second-order valence-electron chi connectivity index (χ2n) is 3.65. The molecule has 0 saturated carbocycles. The zero-order chi connectivity index (χ0) is 9.36. The van der Waals surface area contributed by atoms with Crippen LogP contribution in [-0.4, -0.2) is 29.6 Å². The summed E-state index contributed by atoms with van der Waals surface area (Å²) in [5.74, 6) is 0. The predicted molar refractivity (Wildman–Crippen MR) is 66.1 cm³/mol. The Morgan fingerprint density at radius 3 is 2.14 bits per heavy atom. The van der Waals surface area contributed by atoms with Gasteiger partial charge in [-0.05, 0) is 18.4 Å². The zero-order valence-electron chi connectivity index (χ0n) is 8.63. The summed E-state index contributed by atoms with van der Waals surface area (Å²) < 4.78 is 0. The molecule has 0 unspecified atom stereocenters. The molecule has 14 heavy (non-hydrogen) atoms. The Labute approximate surface area is 110 Å². The van der Waals surface area contributed by atoms with Crippen molar-refractivity contribution in [2.45, 2.75) is 45.4 Å². The molecular weight excluding hydrogens is 179 g/mol. The first-order valence-electron chi connectivity index (χ1n) is 5.47. The second-order valence-corrected chi connectivity index (χ2v) is 3.65. The first-order valence-corrected chi connectivity index (χ1v) is 5.47. The number of hydrogen-bond donors (Lipinski definition) is 0. The Morgan fingerprint density at radius 1 is 0.857 bits per heavy atom. The Hall–Kier alpha value is 0.220. The fourth-order valence-electron chi connectivity index (χ4n) is 1.58. The normalized spacial score (nSPS) is 9.50. The molecule has 0 aliphatic rings. The SMILES string of the molecule is CCCCCCCc1ccccc1.[NaH]. The van der Waals surface area contributed by atoms with Gasteiger partial charge >= 0.3 is 29.6 Å². The number of aryl methyl sites for hydroxylation is 1. The van der Waals surface area contributed by atoms with Gasteiger partial charge in [0, 0.05) is 0 Å². The molecule has 1 heteroatoms. The summed E-state index contributed by atoms with van der Waals surface area (Å²) in [6.07, 6.45) is 8.14. The van der Waals surface area contributed by atoms with Crippen molar-refractivity contribution < 1.29 is 0 Å². The molecule has 0 bridgehead atoms. The molecule has 0 aliphatic carbocycles. The summed E-state index contributed by atoms with van der Waals surface area (Å²) in [5.41, 5.74) is 1.49. The van der Waals surface area contributed by atoms with Gasteiger partial charge in [-0.15, -0.1) is 0 Å². The van der Waals surface area contributed by atoms with Crippen molar-refractivity contribution in [3.05, 3.63) is 35.9 Å². The van der Waals surface area contributed by atoms with E-state index in [0.29, 0.717) is 0 Å². The van der Waals surface area contributed by atoms with Crippen LogP contribution in [0.1, 0.15) is 44.6 Å². The van der Waals surface area contributed by atoms with Crippen LogP contribution in [0.25, 0.3) is 0 Å². The Kier molecular flexibility index (Phi) is 9.92. The van der Waals surface area contributed by atoms with Crippen molar-refractivity contribution in [1.82, 2.24) is 0 Å². The van der Waals surface area contributed by atoms with Gasteiger partial charge in [0.2, 0.25) is 0 Å². The van der Waals surface area contributed by atoms with Crippen molar-refractivity contribution in [1.29, 1.82) is 0 Å². The summed E-state index contributed by atoms with van der Waals surface area (Å²) in [5, 5.41) is 0. The summed E-state index contributed by atoms with van der Waals surface area (Å²) in [7, 11) is 0. The van der Waals surface area contributed by atoms with Gasteiger partial charge in [-0.3, -0.25) is 0 Å². The van der Waals surface area contributed by atoms with E-state index in [2.05, 4.69) is 37.3 Å². The van der Waals surface area contributed by atoms with E-state index in [9.17, 15) is 0 Å². The first-order chi connectivity index (χ1) is 6.43. The van der Waals surface area contributed by atoms with Crippen molar-refractivity contribution >= 4 is 29.6 Å². The molecule has 0 atom stereocenters. The fourth-order valence-corrected chi connectivity index (χ4v) is 1.58. The van der Waals surface area contributed by atoms with Gasteiger partial charge in [-0.1, -0.05) is 62.9 Å². The molecule has 1 aromatic carbocycles. The van der Waals surface area contributed by atoms with E-state index in [4.69, 9.17) is 0 Å². The molecule has 74 valence electrons. The van der Waals surface area contributed by atoms with Crippen molar-refractivity contribution in [3.63, 3.8) is 0 Å². The minimum absolute atomic E-state index is 0. The topological polar surface area (TPSA) is 0 Å². The van der Waals surface area contributed by atoms with Crippen LogP contribution in [0.4, 0.5) is 0 Å². The van der Waals surface area contributed by atoms with Crippen molar-refractivity contribution in [3.8, 4) is 0 Å². The number of rotatable bonds is 6. The zero-order valence-corrected chi connectivity index (χ0v) is 8.63.